The Balaban J connectivity index is 1.94. The van der Waals surface area contributed by atoms with Crippen molar-refractivity contribution in [2.75, 3.05) is 7.11 Å². The van der Waals surface area contributed by atoms with Crippen LogP contribution in [0.25, 0.3) is 0 Å². The lowest BCUT2D eigenvalue weighted by Crippen LogP contribution is -2.02. The molecule has 0 radical (unpaired) electrons. The summed E-state index contributed by atoms with van der Waals surface area (Å²) in [5, 5.41) is 0. The van der Waals surface area contributed by atoms with Gasteiger partial charge in [0, 0.05) is 5.92 Å². The maximum atomic E-state index is 12.5. The topological polar surface area (TPSA) is 22.4 Å². The summed E-state index contributed by atoms with van der Waals surface area (Å²) in [7, 11) is 1.60. The first-order valence-corrected chi connectivity index (χ1v) is 6.70. The van der Waals surface area contributed by atoms with E-state index in [1.807, 2.05) is 31.2 Å². The second kappa shape index (κ2) is 6.24. The maximum Gasteiger partial charge on any atom is 0.449 e. The Bertz CT molecular complexity index is 570. The zero-order chi connectivity index (χ0) is 15.5. The molecule has 0 bridgehead atoms. The van der Waals surface area contributed by atoms with Crippen LogP contribution in [0.3, 0.4) is 0 Å². The normalized spacial score (nSPS) is 13.2. The summed E-state index contributed by atoms with van der Waals surface area (Å²) < 4.78 is 47.4. The number of furan rings is 1. The van der Waals surface area contributed by atoms with Gasteiger partial charge in [0.15, 0.2) is 0 Å². The molecule has 0 fully saturated rings. The van der Waals surface area contributed by atoms with Gasteiger partial charge in [0.1, 0.15) is 11.5 Å². The number of alkyl halides is 3. The van der Waals surface area contributed by atoms with E-state index in [9.17, 15) is 13.2 Å². The third-order valence-electron chi connectivity index (χ3n) is 3.42. The highest BCUT2D eigenvalue weighted by Gasteiger charge is 2.35. The van der Waals surface area contributed by atoms with E-state index in [1.54, 1.807) is 7.11 Å². The first kappa shape index (κ1) is 15.5. The third kappa shape index (κ3) is 4.03. The highest BCUT2D eigenvalue weighted by Crippen LogP contribution is 2.33. The van der Waals surface area contributed by atoms with Gasteiger partial charge in [0.05, 0.1) is 7.11 Å². The monoisotopic (exact) mass is 298 g/mol. The second-order valence-electron chi connectivity index (χ2n) is 4.99. The molecule has 2 nitrogen and oxygen atoms in total. The Morgan fingerprint density at radius 3 is 2.29 bits per heavy atom. The van der Waals surface area contributed by atoms with Crippen molar-refractivity contribution in [1.82, 2.24) is 0 Å². The van der Waals surface area contributed by atoms with Crippen molar-refractivity contribution in [2.24, 2.45) is 0 Å². The number of rotatable bonds is 5. The van der Waals surface area contributed by atoms with Crippen molar-refractivity contribution in [1.29, 1.82) is 0 Å². The van der Waals surface area contributed by atoms with Crippen LogP contribution in [0.4, 0.5) is 13.2 Å². The Labute approximate surface area is 121 Å². The molecule has 114 valence electrons. The van der Waals surface area contributed by atoms with Crippen LogP contribution < -0.4 is 4.74 Å². The predicted molar refractivity (Wildman–Crippen MR) is 73.4 cm³/mol. The molecule has 0 saturated heterocycles. The van der Waals surface area contributed by atoms with Gasteiger partial charge in [0.25, 0.3) is 0 Å². The van der Waals surface area contributed by atoms with E-state index in [1.165, 1.54) is 6.07 Å². The van der Waals surface area contributed by atoms with Crippen LogP contribution in [0.1, 0.15) is 36.3 Å². The quantitative estimate of drug-likeness (QED) is 0.771. The molecular formula is C16H17F3O2. The number of ether oxygens (including phenoxy) is 1. The smallest absolute Gasteiger partial charge is 0.449 e. The number of benzene rings is 1. The fourth-order valence-corrected chi connectivity index (χ4v) is 2.09. The highest BCUT2D eigenvalue weighted by atomic mass is 19.4. The first-order valence-electron chi connectivity index (χ1n) is 6.70. The molecule has 0 spiro atoms. The zero-order valence-corrected chi connectivity index (χ0v) is 11.9. The largest absolute Gasteiger partial charge is 0.497 e. The number of hydrogen-bond acceptors (Lipinski definition) is 2. The fourth-order valence-electron chi connectivity index (χ4n) is 2.09. The summed E-state index contributed by atoms with van der Waals surface area (Å²) in [6.07, 6.45) is -2.93. The summed E-state index contributed by atoms with van der Waals surface area (Å²) in [6.45, 7) is 1.86. The molecule has 0 amide bonds. The lowest BCUT2D eigenvalue weighted by Gasteiger charge is -2.09. The first-order chi connectivity index (χ1) is 9.90. The van der Waals surface area contributed by atoms with E-state index in [0.29, 0.717) is 5.76 Å². The lowest BCUT2D eigenvalue weighted by molar-refractivity contribution is -0.153. The van der Waals surface area contributed by atoms with Crippen molar-refractivity contribution in [3.8, 4) is 5.75 Å². The fraction of sp³-hybridized carbons (Fsp3) is 0.375. The minimum Gasteiger partial charge on any atom is -0.497 e. The van der Waals surface area contributed by atoms with Crippen LogP contribution in [-0.2, 0) is 12.6 Å². The summed E-state index contributed by atoms with van der Waals surface area (Å²) in [6, 6.07) is 10.0. The third-order valence-corrected chi connectivity index (χ3v) is 3.42. The molecule has 2 rings (SSSR count). The number of aryl methyl sites for hydroxylation is 1. The van der Waals surface area contributed by atoms with Crippen molar-refractivity contribution in [3.63, 3.8) is 0 Å². The SMILES string of the molecule is COc1ccc(CC[C@@H](C)c2ccc(C(F)(F)F)o2)cc1. The van der Waals surface area contributed by atoms with E-state index in [0.717, 1.165) is 30.2 Å². The molecular weight excluding hydrogens is 281 g/mol. The molecule has 0 aliphatic heterocycles. The van der Waals surface area contributed by atoms with Crippen LogP contribution in [0.2, 0.25) is 0 Å². The van der Waals surface area contributed by atoms with Gasteiger partial charge in [-0.25, -0.2) is 0 Å². The molecule has 0 aliphatic rings. The molecule has 0 saturated carbocycles. The average molecular weight is 298 g/mol. The van der Waals surface area contributed by atoms with Crippen LogP contribution in [0.5, 0.6) is 5.75 Å². The van der Waals surface area contributed by atoms with E-state index in [4.69, 9.17) is 9.15 Å². The molecule has 0 N–H and O–H groups in total. The van der Waals surface area contributed by atoms with Gasteiger partial charge in [-0.3, -0.25) is 0 Å². The van der Waals surface area contributed by atoms with E-state index in [2.05, 4.69) is 0 Å². The molecule has 1 atom stereocenters. The summed E-state index contributed by atoms with van der Waals surface area (Å²) in [5.74, 6) is 0.153. The molecule has 1 aromatic carbocycles. The number of methoxy groups -OCH3 is 1. The van der Waals surface area contributed by atoms with Gasteiger partial charge in [-0.15, -0.1) is 0 Å². The van der Waals surface area contributed by atoms with Crippen molar-refractivity contribution in [2.45, 2.75) is 31.9 Å². The molecule has 5 heteroatoms. The molecule has 2 aromatic rings. The van der Waals surface area contributed by atoms with Crippen molar-refractivity contribution in [3.05, 3.63) is 53.5 Å². The standard InChI is InChI=1S/C16H17F3O2/c1-11(14-9-10-15(21-14)16(17,18)19)3-4-12-5-7-13(20-2)8-6-12/h5-11H,3-4H2,1-2H3/t11-/m1/s1. The van der Waals surface area contributed by atoms with Crippen molar-refractivity contribution < 1.29 is 22.3 Å². The van der Waals surface area contributed by atoms with E-state index >= 15 is 0 Å². The van der Waals surface area contributed by atoms with Gasteiger partial charge in [-0.1, -0.05) is 19.1 Å². The minimum atomic E-state index is -4.42. The average Bonchev–Trinajstić information content (AvgIpc) is 2.95. The zero-order valence-electron chi connectivity index (χ0n) is 11.9. The second-order valence-corrected chi connectivity index (χ2v) is 4.99. The molecule has 0 aliphatic carbocycles. The van der Waals surface area contributed by atoms with E-state index < -0.39 is 11.9 Å². The van der Waals surface area contributed by atoms with E-state index in [-0.39, 0.29) is 5.92 Å². The number of halogens is 3. The van der Waals surface area contributed by atoms with Gasteiger partial charge in [0.2, 0.25) is 5.76 Å². The highest BCUT2D eigenvalue weighted by molar-refractivity contribution is 5.27. The summed E-state index contributed by atoms with van der Waals surface area (Å²) >= 11 is 0. The molecule has 1 aromatic heterocycles. The molecule has 21 heavy (non-hydrogen) atoms. The van der Waals surface area contributed by atoms with Gasteiger partial charge < -0.3 is 9.15 Å². The molecule has 0 unspecified atom stereocenters. The van der Waals surface area contributed by atoms with Crippen LogP contribution in [-0.4, -0.2) is 7.11 Å². The minimum absolute atomic E-state index is 0.0665. The van der Waals surface area contributed by atoms with Gasteiger partial charge in [-0.2, -0.15) is 13.2 Å². The lowest BCUT2D eigenvalue weighted by atomic mass is 9.99. The molecule has 1 heterocycles. The van der Waals surface area contributed by atoms with Crippen LogP contribution in [0.15, 0.2) is 40.8 Å². The summed E-state index contributed by atoms with van der Waals surface area (Å²) in [4.78, 5) is 0. The van der Waals surface area contributed by atoms with Crippen molar-refractivity contribution >= 4 is 0 Å². The van der Waals surface area contributed by atoms with Crippen LogP contribution in [0, 0.1) is 0 Å². The predicted octanol–water partition coefficient (Wildman–Crippen LogP) is 5.04. The Morgan fingerprint density at radius 1 is 1.10 bits per heavy atom. The Kier molecular flexibility index (Phi) is 4.60. The van der Waals surface area contributed by atoms with Gasteiger partial charge in [-0.05, 0) is 42.7 Å². The summed E-state index contributed by atoms with van der Waals surface area (Å²) in [5.41, 5.74) is 1.12. The Hall–Kier alpha value is -1.91. The van der Waals surface area contributed by atoms with Crippen LogP contribution >= 0.6 is 0 Å². The maximum absolute atomic E-state index is 12.5. The Morgan fingerprint density at radius 2 is 1.76 bits per heavy atom. The van der Waals surface area contributed by atoms with Gasteiger partial charge >= 0.3 is 6.18 Å². The number of hydrogen-bond donors (Lipinski definition) is 0.